The van der Waals surface area contributed by atoms with Crippen LogP contribution in [-0.2, 0) is 4.79 Å². The monoisotopic (exact) mass is 481 g/mol. The van der Waals surface area contributed by atoms with Gasteiger partial charge in [-0.05, 0) is 61.6 Å². The summed E-state index contributed by atoms with van der Waals surface area (Å²) in [7, 11) is 0. The molecule has 1 aromatic heterocycles. The zero-order valence-corrected chi connectivity index (χ0v) is 20.3. The molecule has 1 aliphatic heterocycles. The van der Waals surface area contributed by atoms with Crippen molar-refractivity contribution in [3.63, 3.8) is 0 Å². The molecule has 1 fully saturated rings. The van der Waals surface area contributed by atoms with Gasteiger partial charge in [0.2, 0.25) is 11.8 Å². The molecule has 4 N–H and O–H groups in total. The predicted molar refractivity (Wildman–Crippen MR) is 135 cm³/mol. The lowest BCUT2D eigenvalue weighted by atomic mass is 9.77. The van der Waals surface area contributed by atoms with Crippen LogP contribution in [-0.4, -0.2) is 46.6 Å². The molecule has 1 aliphatic carbocycles. The Hall–Kier alpha value is -3.36. The molecule has 4 rings (SSSR count). The van der Waals surface area contributed by atoms with E-state index in [-0.39, 0.29) is 35.5 Å². The third kappa shape index (κ3) is 6.01. The number of amides is 1. The van der Waals surface area contributed by atoms with Gasteiger partial charge in [0.1, 0.15) is 18.0 Å². The number of carbonyl (C=O) groups is 2. The van der Waals surface area contributed by atoms with E-state index >= 15 is 0 Å². The Morgan fingerprint density at radius 1 is 1.17 bits per heavy atom. The number of carbonyl (C=O) groups excluding carboxylic acids is 1. The first kappa shape index (κ1) is 24.8. The summed E-state index contributed by atoms with van der Waals surface area (Å²) in [6.45, 7) is 3.57. The molecule has 1 amide bonds. The minimum Gasteiger partial charge on any atom is -0.481 e. The number of rotatable bonds is 9. The van der Waals surface area contributed by atoms with E-state index in [0.29, 0.717) is 25.0 Å². The van der Waals surface area contributed by atoms with Crippen molar-refractivity contribution in [2.75, 3.05) is 35.6 Å². The van der Waals surface area contributed by atoms with Crippen molar-refractivity contribution in [3.8, 4) is 5.88 Å². The van der Waals surface area contributed by atoms with Crippen LogP contribution in [0.1, 0.15) is 80.1 Å². The highest BCUT2D eigenvalue weighted by atomic mass is 16.5. The number of nitrogens with zero attached hydrogens (tertiary/aromatic N) is 3. The summed E-state index contributed by atoms with van der Waals surface area (Å²) in [4.78, 5) is 34.7. The lowest BCUT2D eigenvalue weighted by Gasteiger charge is -2.28. The van der Waals surface area contributed by atoms with Crippen LogP contribution in [0.5, 0.6) is 5.88 Å². The molecule has 188 valence electrons. The number of aliphatic carboxylic acids is 1. The molecule has 2 aliphatic rings. The fourth-order valence-corrected chi connectivity index (χ4v) is 5.01. The normalized spacial score (nSPS) is 20.0. The second-order valence-electron chi connectivity index (χ2n) is 9.46. The Labute approximate surface area is 206 Å². The summed E-state index contributed by atoms with van der Waals surface area (Å²) in [5.41, 5.74) is 8.38. The van der Waals surface area contributed by atoms with Crippen molar-refractivity contribution >= 4 is 29.3 Å². The topological polar surface area (TPSA) is 131 Å². The van der Waals surface area contributed by atoms with Crippen molar-refractivity contribution in [2.24, 2.45) is 5.92 Å². The molecule has 0 radical (unpaired) electrons. The highest BCUT2D eigenvalue weighted by Gasteiger charge is 2.30. The third-order valence-electron chi connectivity index (χ3n) is 6.97. The highest BCUT2D eigenvalue weighted by molar-refractivity contribution is 6.10. The van der Waals surface area contributed by atoms with E-state index in [2.05, 4.69) is 34.3 Å². The first-order valence-corrected chi connectivity index (χ1v) is 12.6. The molecule has 2 heterocycles. The molecule has 0 saturated heterocycles. The number of carboxylic acids is 1. The number of nitrogens with one attached hydrogen (secondary N) is 1. The number of anilines is 3. The van der Waals surface area contributed by atoms with E-state index in [9.17, 15) is 9.59 Å². The van der Waals surface area contributed by atoms with Gasteiger partial charge in [-0.3, -0.25) is 9.59 Å². The van der Waals surface area contributed by atoms with Gasteiger partial charge in [-0.2, -0.15) is 9.97 Å². The first-order valence-electron chi connectivity index (χ1n) is 12.6. The Morgan fingerprint density at radius 2 is 1.91 bits per heavy atom. The molecule has 2 aromatic rings. The van der Waals surface area contributed by atoms with E-state index in [4.69, 9.17) is 15.6 Å². The van der Waals surface area contributed by atoms with Crippen LogP contribution < -0.4 is 20.7 Å². The molecule has 9 heteroatoms. The minimum atomic E-state index is -0.712. The quantitative estimate of drug-likeness (QED) is 0.448. The van der Waals surface area contributed by atoms with Crippen LogP contribution in [0, 0.1) is 5.92 Å². The average molecular weight is 482 g/mol. The number of aromatic nitrogens is 2. The molecule has 9 nitrogen and oxygen atoms in total. The standard InChI is InChI=1S/C26H35N5O4/c1-2-3-4-13-28-26-29-23(27)22-24(30-26)35-15-14-31(25(22)34)20-11-9-19(10-12-20)18-7-5-17(6-8-18)16-21(32)33/h9-12,17-18H,2-8,13-16H2,1H3,(H,32,33)(H3,27,28,29,30). The molecule has 35 heavy (non-hydrogen) atoms. The summed E-state index contributed by atoms with van der Waals surface area (Å²) >= 11 is 0. The van der Waals surface area contributed by atoms with Gasteiger partial charge in [-0.25, -0.2) is 0 Å². The lowest BCUT2D eigenvalue weighted by Crippen LogP contribution is -2.32. The lowest BCUT2D eigenvalue weighted by molar-refractivity contribution is -0.138. The number of unbranched alkanes of at least 4 members (excludes halogenated alkanes) is 2. The van der Waals surface area contributed by atoms with Gasteiger partial charge >= 0.3 is 5.97 Å². The molecular weight excluding hydrogens is 446 g/mol. The van der Waals surface area contributed by atoms with Crippen LogP contribution in [0.15, 0.2) is 24.3 Å². The Kier molecular flexibility index (Phi) is 8.05. The summed E-state index contributed by atoms with van der Waals surface area (Å²) in [6.07, 6.45) is 7.35. The summed E-state index contributed by atoms with van der Waals surface area (Å²) in [6, 6.07) is 8.06. The number of nitrogens with two attached hydrogens (primary N) is 1. The van der Waals surface area contributed by atoms with Gasteiger partial charge in [0, 0.05) is 18.7 Å². The van der Waals surface area contributed by atoms with Crippen LogP contribution in [0.25, 0.3) is 0 Å². The van der Waals surface area contributed by atoms with Gasteiger partial charge in [0.25, 0.3) is 5.91 Å². The maximum atomic E-state index is 13.4. The molecule has 0 bridgehead atoms. The molecule has 1 aromatic carbocycles. The van der Waals surface area contributed by atoms with Gasteiger partial charge in [0.05, 0.1) is 6.54 Å². The van der Waals surface area contributed by atoms with Gasteiger partial charge in [0.15, 0.2) is 0 Å². The van der Waals surface area contributed by atoms with Crippen molar-refractivity contribution < 1.29 is 19.4 Å². The number of nitrogen functional groups attached to an aromatic ring is 1. The summed E-state index contributed by atoms with van der Waals surface area (Å²) < 4.78 is 5.80. The van der Waals surface area contributed by atoms with Gasteiger partial charge < -0.3 is 25.8 Å². The maximum Gasteiger partial charge on any atom is 0.303 e. The van der Waals surface area contributed by atoms with Crippen LogP contribution >= 0.6 is 0 Å². The van der Waals surface area contributed by atoms with E-state index < -0.39 is 5.97 Å². The van der Waals surface area contributed by atoms with Crippen LogP contribution in [0.2, 0.25) is 0 Å². The van der Waals surface area contributed by atoms with E-state index in [1.54, 1.807) is 4.90 Å². The summed E-state index contributed by atoms with van der Waals surface area (Å²) in [5.74, 6) is 0.423. The zero-order valence-electron chi connectivity index (χ0n) is 20.3. The molecular formula is C26H35N5O4. The van der Waals surface area contributed by atoms with Crippen molar-refractivity contribution in [3.05, 3.63) is 35.4 Å². The maximum absolute atomic E-state index is 13.4. The minimum absolute atomic E-state index is 0.111. The summed E-state index contributed by atoms with van der Waals surface area (Å²) in [5, 5.41) is 12.2. The smallest absolute Gasteiger partial charge is 0.303 e. The fraction of sp³-hybridized carbons (Fsp3) is 0.538. The van der Waals surface area contributed by atoms with E-state index in [0.717, 1.165) is 57.2 Å². The SMILES string of the molecule is CCCCCNc1nc(N)c2c(n1)OCCN(c1ccc(C3CCC(CC(=O)O)CC3)cc1)C2=O. The average Bonchev–Trinajstić information content (AvgIpc) is 3.01. The fourth-order valence-electron chi connectivity index (χ4n) is 5.01. The number of carboxylic acid groups (broad SMARTS) is 1. The largest absolute Gasteiger partial charge is 0.481 e. The Balaban J connectivity index is 1.44. The molecule has 0 atom stereocenters. The van der Waals surface area contributed by atoms with Crippen molar-refractivity contribution in [1.82, 2.24) is 9.97 Å². The Morgan fingerprint density at radius 3 is 2.60 bits per heavy atom. The van der Waals surface area contributed by atoms with Crippen molar-refractivity contribution in [2.45, 2.75) is 64.2 Å². The van der Waals surface area contributed by atoms with E-state index in [1.807, 2.05) is 12.1 Å². The van der Waals surface area contributed by atoms with Crippen LogP contribution in [0.3, 0.4) is 0 Å². The van der Waals surface area contributed by atoms with E-state index in [1.165, 1.54) is 5.56 Å². The number of benzene rings is 1. The third-order valence-corrected chi connectivity index (χ3v) is 6.97. The van der Waals surface area contributed by atoms with Crippen molar-refractivity contribution in [1.29, 1.82) is 0 Å². The molecule has 0 unspecified atom stereocenters. The Bertz CT molecular complexity index is 1030. The second-order valence-corrected chi connectivity index (χ2v) is 9.46. The predicted octanol–water partition coefficient (Wildman–Crippen LogP) is 4.45. The highest BCUT2D eigenvalue weighted by Crippen LogP contribution is 2.38. The number of hydrogen-bond donors (Lipinski definition) is 3. The zero-order chi connectivity index (χ0) is 24.8. The number of fused-ring (bicyclic) bond motifs is 1. The number of hydrogen-bond acceptors (Lipinski definition) is 7. The second kappa shape index (κ2) is 11.4. The molecule has 0 spiro atoms. The first-order chi connectivity index (χ1) is 17.0. The number of ether oxygens (including phenoxy) is 1. The van der Waals surface area contributed by atoms with Gasteiger partial charge in [-0.15, -0.1) is 0 Å². The van der Waals surface area contributed by atoms with Gasteiger partial charge in [-0.1, -0.05) is 31.9 Å². The van der Waals surface area contributed by atoms with Crippen LogP contribution in [0.4, 0.5) is 17.5 Å². The molecule has 1 saturated carbocycles.